The lowest BCUT2D eigenvalue weighted by Gasteiger charge is -2.34. The number of hydrogen-bond acceptors (Lipinski definition) is 4. The van der Waals surface area contributed by atoms with E-state index >= 15 is 0 Å². The first-order chi connectivity index (χ1) is 14.3. The van der Waals surface area contributed by atoms with E-state index in [-0.39, 0.29) is 17.9 Å². The number of ketones is 1. The van der Waals surface area contributed by atoms with Gasteiger partial charge in [0.2, 0.25) is 0 Å². The average Bonchev–Trinajstić information content (AvgIpc) is 3.04. The molecule has 0 amide bonds. The van der Waals surface area contributed by atoms with Crippen LogP contribution < -0.4 is 9.80 Å². The van der Waals surface area contributed by atoms with Crippen molar-refractivity contribution in [1.82, 2.24) is 4.90 Å². The second kappa shape index (κ2) is 8.11. The molecule has 2 fully saturated rings. The number of anilines is 2. The van der Waals surface area contributed by atoms with E-state index < -0.39 is 0 Å². The van der Waals surface area contributed by atoms with Gasteiger partial charge in [-0.15, -0.1) is 0 Å². The predicted octanol–water partition coefficient (Wildman–Crippen LogP) is 4.33. The van der Waals surface area contributed by atoms with Crippen LogP contribution in [0, 0.1) is 0 Å². The topological polar surface area (TPSA) is 26.8 Å². The molecule has 2 atom stereocenters. The summed E-state index contributed by atoms with van der Waals surface area (Å²) in [7, 11) is 10.3. The quantitative estimate of drug-likeness (QED) is 0.713. The monoisotopic (exact) mass is 401 g/mol. The van der Waals surface area contributed by atoms with Crippen molar-refractivity contribution >= 4 is 29.3 Å². The fourth-order valence-corrected chi connectivity index (χ4v) is 4.58. The first kappa shape index (κ1) is 20.4. The summed E-state index contributed by atoms with van der Waals surface area (Å²) in [5.41, 5.74) is 6.31. The standard InChI is InChI=1S/C26H31N3O/c1-27(2)20-10-6-18(7-11-20)16-22-24-14-15-25(29(24)5)23(26(22)30)17-19-8-12-21(13-9-19)28(3)4/h6-13,16-17,24-25H,14-15H2,1-5H3/b22-16-,23-17-. The number of likely N-dealkylation sites (N-methyl/N-ethyl adjacent to an activating group) is 1. The highest BCUT2D eigenvalue weighted by atomic mass is 16.1. The second-order valence-electron chi connectivity index (χ2n) is 8.77. The number of benzene rings is 2. The van der Waals surface area contributed by atoms with E-state index in [1.807, 2.05) is 28.2 Å². The van der Waals surface area contributed by atoms with Crippen molar-refractivity contribution in [3.05, 3.63) is 70.8 Å². The van der Waals surface area contributed by atoms with Gasteiger partial charge in [0.1, 0.15) is 0 Å². The average molecular weight is 402 g/mol. The van der Waals surface area contributed by atoms with Gasteiger partial charge in [-0.1, -0.05) is 24.3 Å². The van der Waals surface area contributed by atoms with Crippen LogP contribution in [-0.4, -0.2) is 58.0 Å². The third kappa shape index (κ3) is 3.80. The Hall–Kier alpha value is -2.85. The summed E-state index contributed by atoms with van der Waals surface area (Å²) < 4.78 is 0. The smallest absolute Gasteiger partial charge is 0.188 e. The number of Topliss-reactive ketones (excluding diaryl/α,β-unsaturated/α-hetero) is 1. The molecule has 0 N–H and O–H groups in total. The van der Waals surface area contributed by atoms with Gasteiger partial charge in [-0.2, -0.15) is 0 Å². The van der Waals surface area contributed by atoms with Gasteiger partial charge in [-0.25, -0.2) is 0 Å². The van der Waals surface area contributed by atoms with Gasteiger partial charge in [0.05, 0.1) is 0 Å². The number of carbonyl (C=O) groups excluding carboxylic acids is 1. The molecule has 4 rings (SSSR count). The zero-order valence-corrected chi connectivity index (χ0v) is 18.6. The second-order valence-corrected chi connectivity index (χ2v) is 8.77. The van der Waals surface area contributed by atoms with Crippen LogP contribution in [0.5, 0.6) is 0 Å². The summed E-state index contributed by atoms with van der Waals surface area (Å²) in [6.07, 6.45) is 6.25. The van der Waals surface area contributed by atoms with Crippen LogP contribution in [-0.2, 0) is 4.79 Å². The minimum absolute atomic E-state index is 0.203. The summed E-state index contributed by atoms with van der Waals surface area (Å²) >= 11 is 0. The van der Waals surface area contributed by atoms with Crippen LogP contribution in [0.1, 0.15) is 24.0 Å². The van der Waals surface area contributed by atoms with E-state index in [0.717, 1.165) is 46.5 Å². The van der Waals surface area contributed by atoms with Crippen molar-refractivity contribution in [3.63, 3.8) is 0 Å². The van der Waals surface area contributed by atoms with Crippen molar-refractivity contribution in [2.75, 3.05) is 45.0 Å². The Labute approximate surface area is 180 Å². The van der Waals surface area contributed by atoms with Crippen LogP contribution in [0.2, 0.25) is 0 Å². The number of fused-ring (bicyclic) bond motifs is 2. The maximum Gasteiger partial charge on any atom is 0.188 e. The highest BCUT2D eigenvalue weighted by Crippen LogP contribution is 2.40. The summed E-state index contributed by atoms with van der Waals surface area (Å²) in [4.78, 5) is 20.1. The highest BCUT2D eigenvalue weighted by molar-refractivity contribution is 6.16. The largest absolute Gasteiger partial charge is 0.378 e. The van der Waals surface area contributed by atoms with Gasteiger partial charge < -0.3 is 9.80 Å². The van der Waals surface area contributed by atoms with Crippen LogP contribution >= 0.6 is 0 Å². The fraction of sp³-hybridized carbons (Fsp3) is 0.346. The van der Waals surface area contributed by atoms with E-state index in [0.29, 0.717) is 0 Å². The summed E-state index contributed by atoms with van der Waals surface area (Å²) in [6, 6.07) is 17.2. The van der Waals surface area contributed by atoms with E-state index in [4.69, 9.17) is 0 Å². The van der Waals surface area contributed by atoms with Crippen LogP contribution in [0.3, 0.4) is 0 Å². The molecule has 2 bridgehead atoms. The molecule has 2 aliphatic heterocycles. The van der Waals surface area contributed by atoms with Gasteiger partial charge in [0.15, 0.2) is 5.78 Å². The summed E-state index contributed by atoms with van der Waals surface area (Å²) in [5.74, 6) is 0.203. The van der Waals surface area contributed by atoms with Crippen molar-refractivity contribution in [3.8, 4) is 0 Å². The van der Waals surface area contributed by atoms with Gasteiger partial charge in [-0.3, -0.25) is 9.69 Å². The first-order valence-corrected chi connectivity index (χ1v) is 10.6. The molecule has 2 saturated heterocycles. The minimum Gasteiger partial charge on any atom is -0.378 e. The molecule has 0 saturated carbocycles. The molecule has 2 aliphatic rings. The molecule has 0 aromatic heterocycles. The van der Waals surface area contributed by atoms with E-state index in [2.05, 4.69) is 82.4 Å². The Morgan fingerprint density at radius 2 is 1.10 bits per heavy atom. The Morgan fingerprint density at radius 3 is 1.43 bits per heavy atom. The molecule has 2 unspecified atom stereocenters. The third-order valence-electron chi connectivity index (χ3n) is 6.40. The van der Waals surface area contributed by atoms with Gasteiger partial charge in [0, 0.05) is 62.8 Å². The van der Waals surface area contributed by atoms with Gasteiger partial charge >= 0.3 is 0 Å². The molecular weight excluding hydrogens is 370 g/mol. The van der Waals surface area contributed by atoms with Crippen LogP contribution in [0.25, 0.3) is 12.2 Å². The number of nitrogens with zero attached hydrogens (tertiary/aromatic N) is 3. The predicted molar refractivity (Wildman–Crippen MR) is 127 cm³/mol. The SMILES string of the molecule is CN(C)c1ccc(/C=C2\C(=O)/C(=C\c3ccc(N(C)C)cc3)C3CCC2N3C)cc1. The fourth-order valence-electron chi connectivity index (χ4n) is 4.58. The summed E-state index contributed by atoms with van der Waals surface area (Å²) in [6.45, 7) is 0. The summed E-state index contributed by atoms with van der Waals surface area (Å²) in [5, 5.41) is 0. The maximum absolute atomic E-state index is 13.5. The van der Waals surface area contributed by atoms with Crippen molar-refractivity contribution < 1.29 is 4.79 Å². The van der Waals surface area contributed by atoms with E-state index in [1.165, 1.54) is 0 Å². The lowest BCUT2D eigenvalue weighted by Crippen LogP contribution is -2.43. The molecular formula is C26H31N3O. The molecule has 30 heavy (non-hydrogen) atoms. The van der Waals surface area contributed by atoms with Crippen molar-refractivity contribution in [2.24, 2.45) is 0 Å². The molecule has 2 heterocycles. The molecule has 4 heteroatoms. The molecule has 2 aromatic rings. The van der Waals surface area contributed by atoms with Crippen molar-refractivity contribution in [2.45, 2.75) is 24.9 Å². The van der Waals surface area contributed by atoms with E-state index in [1.54, 1.807) is 0 Å². The molecule has 0 radical (unpaired) electrons. The zero-order valence-electron chi connectivity index (χ0n) is 18.6. The minimum atomic E-state index is 0.203. The number of piperidine rings is 1. The number of carbonyl (C=O) groups is 1. The maximum atomic E-state index is 13.5. The molecule has 0 aliphatic carbocycles. The lowest BCUT2D eigenvalue weighted by atomic mass is 9.88. The Bertz CT molecular complexity index is 904. The van der Waals surface area contributed by atoms with Crippen LogP contribution in [0.15, 0.2) is 59.7 Å². The van der Waals surface area contributed by atoms with Crippen LogP contribution in [0.4, 0.5) is 11.4 Å². The van der Waals surface area contributed by atoms with Gasteiger partial charge in [0.25, 0.3) is 0 Å². The molecule has 0 spiro atoms. The van der Waals surface area contributed by atoms with E-state index in [9.17, 15) is 4.79 Å². The number of rotatable bonds is 4. The Morgan fingerprint density at radius 1 is 0.733 bits per heavy atom. The molecule has 156 valence electrons. The Kier molecular flexibility index (Phi) is 5.52. The number of hydrogen-bond donors (Lipinski definition) is 0. The zero-order chi connectivity index (χ0) is 21.4. The third-order valence-corrected chi connectivity index (χ3v) is 6.40. The van der Waals surface area contributed by atoms with Gasteiger partial charge in [-0.05, 0) is 67.4 Å². The normalized spacial score (nSPS) is 24.0. The molecule has 4 nitrogen and oxygen atoms in total. The highest BCUT2D eigenvalue weighted by Gasteiger charge is 2.44. The first-order valence-electron chi connectivity index (χ1n) is 10.6. The van der Waals surface area contributed by atoms with Crippen molar-refractivity contribution in [1.29, 1.82) is 0 Å². The lowest BCUT2D eigenvalue weighted by molar-refractivity contribution is -0.114. The molecule has 2 aromatic carbocycles. The Balaban J connectivity index is 1.68.